The number of carbonyl (C=O) groups is 2. The average Bonchev–Trinajstić information content (AvgIpc) is 2.57. The molecule has 2 rings (SSSR count). The maximum atomic E-state index is 11.7. The highest BCUT2D eigenvalue weighted by Crippen LogP contribution is 2.27. The molecule has 0 aliphatic carbocycles. The summed E-state index contributed by atoms with van der Waals surface area (Å²) in [5, 5.41) is 0. The molecule has 0 aromatic heterocycles. The van der Waals surface area contributed by atoms with Crippen molar-refractivity contribution in [1.29, 1.82) is 0 Å². The number of nitrogens with zero attached hydrogens (tertiary/aromatic N) is 1. The van der Waals surface area contributed by atoms with Gasteiger partial charge in [-0.3, -0.25) is 9.59 Å². The number of anilines is 1. The van der Waals surface area contributed by atoms with E-state index in [-0.39, 0.29) is 30.1 Å². The Hall–Kier alpha value is -1.64. The van der Waals surface area contributed by atoms with E-state index >= 15 is 0 Å². The standard InChI is InChI=1S/C14H17NO2/c1-14(2,3)10-5-4-6-11(7-10)15-9-12(16)8-13(15)17/h4-7H,8-9H2,1-3H3. The van der Waals surface area contributed by atoms with Gasteiger partial charge in [0.05, 0.1) is 13.0 Å². The molecule has 90 valence electrons. The highest BCUT2D eigenvalue weighted by Gasteiger charge is 2.29. The van der Waals surface area contributed by atoms with Gasteiger partial charge in [-0.1, -0.05) is 32.9 Å². The molecule has 1 aliphatic heterocycles. The molecule has 0 bridgehead atoms. The number of amides is 1. The summed E-state index contributed by atoms with van der Waals surface area (Å²) in [7, 11) is 0. The molecular weight excluding hydrogens is 214 g/mol. The number of hydrogen-bond acceptors (Lipinski definition) is 2. The molecule has 0 unspecified atom stereocenters. The van der Waals surface area contributed by atoms with Crippen molar-refractivity contribution in [1.82, 2.24) is 0 Å². The molecule has 1 heterocycles. The Labute approximate surface area is 101 Å². The van der Waals surface area contributed by atoms with Crippen molar-refractivity contribution in [3.63, 3.8) is 0 Å². The summed E-state index contributed by atoms with van der Waals surface area (Å²) >= 11 is 0. The lowest BCUT2D eigenvalue weighted by Gasteiger charge is -2.22. The third-order valence-electron chi connectivity index (χ3n) is 3.01. The van der Waals surface area contributed by atoms with Gasteiger partial charge in [-0.2, -0.15) is 0 Å². The van der Waals surface area contributed by atoms with Crippen LogP contribution in [0.25, 0.3) is 0 Å². The summed E-state index contributed by atoms with van der Waals surface area (Å²) in [4.78, 5) is 24.5. The first kappa shape index (κ1) is 11.8. The Balaban J connectivity index is 2.34. The molecule has 1 aromatic carbocycles. The van der Waals surface area contributed by atoms with E-state index in [2.05, 4.69) is 20.8 Å². The lowest BCUT2D eigenvalue weighted by molar-refractivity contribution is -0.121. The summed E-state index contributed by atoms with van der Waals surface area (Å²) in [6.07, 6.45) is 0.0414. The van der Waals surface area contributed by atoms with E-state index in [0.717, 1.165) is 5.69 Å². The van der Waals surface area contributed by atoms with Crippen LogP contribution in [0.3, 0.4) is 0 Å². The van der Waals surface area contributed by atoms with Crippen molar-refractivity contribution in [2.45, 2.75) is 32.6 Å². The smallest absolute Gasteiger partial charge is 0.234 e. The van der Waals surface area contributed by atoms with Crippen molar-refractivity contribution in [3.05, 3.63) is 29.8 Å². The first-order chi connectivity index (χ1) is 7.88. The molecule has 1 aliphatic rings. The zero-order valence-corrected chi connectivity index (χ0v) is 10.5. The summed E-state index contributed by atoms with van der Waals surface area (Å²) < 4.78 is 0. The normalized spacial score (nSPS) is 16.8. The van der Waals surface area contributed by atoms with Crippen molar-refractivity contribution < 1.29 is 9.59 Å². The fraction of sp³-hybridized carbons (Fsp3) is 0.429. The molecule has 3 nitrogen and oxygen atoms in total. The zero-order valence-electron chi connectivity index (χ0n) is 10.5. The van der Waals surface area contributed by atoms with Gasteiger partial charge in [0, 0.05) is 5.69 Å². The molecule has 0 saturated carbocycles. The van der Waals surface area contributed by atoms with Gasteiger partial charge in [0.15, 0.2) is 5.78 Å². The van der Waals surface area contributed by atoms with E-state index in [0.29, 0.717) is 0 Å². The van der Waals surface area contributed by atoms with Gasteiger partial charge in [0.25, 0.3) is 0 Å². The summed E-state index contributed by atoms with van der Waals surface area (Å²) in [6, 6.07) is 7.86. The molecule has 0 atom stereocenters. The number of hydrogen-bond donors (Lipinski definition) is 0. The Morgan fingerprint density at radius 3 is 2.41 bits per heavy atom. The summed E-state index contributed by atoms with van der Waals surface area (Å²) in [5.41, 5.74) is 2.04. The predicted octanol–water partition coefficient (Wildman–Crippen LogP) is 2.29. The van der Waals surface area contributed by atoms with Gasteiger partial charge in [0.2, 0.25) is 5.91 Å². The number of carbonyl (C=O) groups excluding carboxylic acids is 2. The number of rotatable bonds is 1. The molecule has 3 heteroatoms. The number of benzene rings is 1. The lowest BCUT2D eigenvalue weighted by atomic mass is 9.87. The van der Waals surface area contributed by atoms with Crippen molar-refractivity contribution >= 4 is 17.4 Å². The van der Waals surface area contributed by atoms with Crippen LogP contribution in [0.2, 0.25) is 0 Å². The molecule has 1 fully saturated rings. The monoisotopic (exact) mass is 231 g/mol. The minimum atomic E-state index is -0.0962. The largest absolute Gasteiger partial charge is 0.305 e. The molecule has 1 amide bonds. The average molecular weight is 231 g/mol. The van der Waals surface area contributed by atoms with Crippen LogP contribution < -0.4 is 4.90 Å². The van der Waals surface area contributed by atoms with Crippen LogP contribution in [0.4, 0.5) is 5.69 Å². The number of ketones is 1. The fourth-order valence-electron chi connectivity index (χ4n) is 1.96. The van der Waals surface area contributed by atoms with Gasteiger partial charge in [-0.05, 0) is 23.1 Å². The molecule has 0 radical (unpaired) electrons. The molecule has 0 spiro atoms. The van der Waals surface area contributed by atoms with E-state index in [1.165, 1.54) is 5.56 Å². The quantitative estimate of drug-likeness (QED) is 0.695. The minimum absolute atomic E-state index is 0.00355. The van der Waals surface area contributed by atoms with E-state index in [9.17, 15) is 9.59 Å². The third-order valence-corrected chi connectivity index (χ3v) is 3.01. The van der Waals surface area contributed by atoms with E-state index in [1.54, 1.807) is 4.90 Å². The van der Waals surface area contributed by atoms with E-state index in [1.807, 2.05) is 24.3 Å². The molecule has 1 aromatic rings. The Morgan fingerprint density at radius 1 is 1.18 bits per heavy atom. The highest BCUT2D eigenvalue weighted by atomic mass is 16.2. The van der Waals surface area contributed by atoms with Crippen LogP contribution in [-0.2, 0) is 15.0 Å². The van der Waals surface area contributed by atoms with Gasteiger partial charge in [-0.15, -0.1) is 0 Å². The van der Waals surface area contributed by atoms with E-state index < -0.39 is 0 Å². The second kappa shape index (κ2) is 3.99. The van der Waals surface area contributed by atoms with Crippen LogP contribution in [0, 0.1) is 0 Å². The number of Topliss-reactive ketones (excluding diaryl/α,β-unsaturated/α-hetero) is 1. The van der Waals surface area contributed by atoms with Gasteiger partial charge in [-0.25, -0.2) is 0 Å². The Morgan fingerprint density at radius 2 is 1.88 bits per heavy atom. The Kier molecular flexibility index (Phi) is 2.77. The summed E-state index contributed by atoms with van der Waals surface area (Å²) in [6.45, 7) is 6.60. The maximum Gasteiger partial charge on any atom is 0.234 e. The first-order valence-corrected chi connectivity index (χ1v) is 5.80. The second-order valence-electron chi connectivity index (χ2n) is 5.50. The maximum absolute atomic E-state index is 11.7. The second-order valence-corrected chi connectivity index (χ2v) is 5.50. The van der Waals surface area contributed by atoms with Gasteiger partial charge < -0.3 is 4.90 Å². The van der Waals surface area contributed by atoms with Crippen molar-refractivity contribution in [2.75, 3.05) is 11.4 Å². The Bertz CT molecular complexity index is 471. The van der Waals surface area contributed by atoms with Crippen LogP contribution in [-0.4, -0.2) is 18.2 Å². The fourth-order valence-corrected chi connectivity index (χ4v) is 1.96. The zero-order chi connectivity index (χ0) is 12.6. The lowest BCUT2D eigenvalue weighted by Crippen LogP contribution is -2.25. The molecule has 17 heavy (non-hydrogen) atoms. The van der Waals surface area contributed by atoms with Crippen LogP contribution in [0.15, 0.2) is 24.3 Å². The molecular formula is C14H17NO2. The van der Waals surface area contributed by atoms with Crippen LogP contribution in [0.5, 0.6) is 0 Å². The highest BCUT2D eigenvalue weighted by molar-refractivity contribution is 6.15. The van der Waals surface area contributed by atoms with Gasteiger partial charge in [0.1, 0.15) is 0 Å². The molecule has 0 N–H and O–H groups in total. The summed E-state index contributed by atoms with van der Waals surface area (Å²) in [5.74, 6) is -0.0998. The minimum Gasteiger partial charge on any atom is -0.305 e. The van der Waals surface area contributed by atoms with Gasteiger partial charge >= 0.3 is 0 Å². The third kappa shape index (κ3) is 2.38. The topological polar surface area (TPSA) is 37.4 Å². The van der Waals surface area contributed by atoms with Crippen LogP contribution >= 0.6 is 0 Å². The van der Waals surface area contributed by atoms with E-state index in [4.69, 9.17) is 0 Å². The van der Waals surface area contributed by atoms with Crippen molar-refractivity contribution in [2.24, 2.45) is 0 Å². The van der Waals surface area contributed by atoms with Crippen molar-refractivity contribution in [3.8, 4) is 0 Å². The van der Waals surface area contributed by atoms with Crippen LogP contribution in [0.1, 0.15) is 32.8 Å². The first-order valence-electron chi connectivity index (χ1n) is 5.80. The molecule has 1 saturated heterocycles. The predicted molar refractivity (Wildman–Crippen MR) is 67.1 cm³/mol. The SMILES string of the molecule is CC(C)(C)c1cccc(N2CC(=O)CC2=O)c1.